The van der Waals surface area contributed by atoms with Crippen LogP contribution in [0, 0.1) is 6.92 Å². The fourth-order valence-electron chi connectivity index (χ4n) is 2.32. The second-order valence-electron chi connectivity index (χ2n) is 5.42. The van der Waals surface area contributed by atoms with E-state index in [1.165, 1.54) is 11.3 Å². The zero-order chi connectivity index (χ0) is 17.1. The monoisotopic (exact) mass is 401 g/mol. The number of hydrogen-bond acceptors (Lipinski definition) is 4. The molecule has 0 saturated carbocycles. The van der Waals surface area contributed by atoms with Crippen molar-refractivity contribution >= 4 is 33.2 Å². The summed E-state index contributed by atoms with van der Waals surface area (Å²) in [5.41, 5.74) is 2.71. The third-order valence-electron chi connectivity index (χ3n) is 3.63. The topological polar surface area (TPSA) is 54.9 Å². The molecule has 0 aliphatic carbocycles. The highest BCUT2D eigenvalue weighted by Gasteiger charge is 2.18. The number of thiazole rings is 1. The molecule has 2 heterocycles. The summed E-state index contributed by atoms with van der Waals surface area (Å²) >= 11 is 4.81. The van der Waals surface area contributed by atoms with E-state index in [0.717, 1.165) is 26.3 Å². The molecular weight excluding hydrogens is 386 g/mol. The van der Waals surface area contributed by atoms with Crippen molar-refractivity contribution in [1.82, 2.24) is 15.3 Å². The minimum atomic E-state index is -0.101. The molecule has 0 aliphatic rings. The van der Waals surface area contributed by atoms with Crippen LogP contribution in [0.25, 0.3) is 10.6 Å². The molecule has 0 spiro atoms. The number of aryl methyl sites for hydroxylation is 1. The predicted molar refractivity (Wildman–Crippen MR) is 100 cm³/mol. The van der Waals surface area contributed by atoms with Crippen molar-refractivity contribution < 1.29 is 4.79 Å². The number of nitrogens with zero attached hydrogens (tertiary/aromatic N) is 2. The van der Waals surface area contributed by atoms with Crippen LogP contribution in [0.3, 0.4) is 0 Å². The average molecular weight is 402 g/mol. The van der Waals surface area contributed by atoms with Crippen molar-refractivity contribution in [1.29, 1.82) is 0 Å². The Bertz CT molecular complexity index is 846. The lowest BCUT2D eigenvalue weighted by Gasteiger charge is -2.14. The minimum absolute atomic E-state index is 0.0751. The summed E-state index contributed by atoms with van der Waals surface area (Å²) in [6, 6.07) is 11.7. The molecule has 1 amide bonds. The van der Waals surface area contributed by atoms with Crippen molar-refractivity contribution in [3.05, 3.63) is 69.4 Å². The van der Waals surface area contributed by atoms with Gasteiger partial charge in [-0.25, -0.2) is 4.98 Å². The van der Waals surface area contributed by atoms with Crippen LogP contribution in [-0.2, 0) is 0 Å². The summed E-state index contributed by atoms with van der Waals surface area (Å²) in [5, 5.41) is 3.85. The number of amides is 1. The van der Waals surface area contributed by atoms with Crippen LogP contribution >= 0.6 is 27.3 Å². The van der Waals surface area contributed by atoms with E-state index in [-0.39, 0.29) is 11.9 Å². The van der Waals surface area contributed by atoms with E-state index in [1.54, 1.807) is 12.4 Å². The van der Waals surface area contributed by atoms with Gasteiger partial charge in [-0.2, -0.15) is 0 Å². The largest absolute Gasteiger partial charge is 0.345 e. The van der Waals surface area contributed by atoms with E-state index >= 15 is 0 Å². The van der Waals surface area contributed by atoms with Crippen LogP contribution in [0.4, 0.5) is 0 Å². The van der Waals surface area contributed by atoms with E-state index in [0.29, 0.717) is 4.88 Å². The van der Waals surface area contributed by atoms with Gasteiger partial charge in [-0.1, -0.05) is 28.1 Å². The van der Waals surface area contributed by atoms with Gasteiger partial charge >= 0.3 is 0 Å². The number of carbonyl (C=O) groups excluding carboxylic acids is 1. The van der Waals surface area contributed by atoms with Gasteiger partial charge in [0.15, 0.2) is 0 Å². The highest BCUT2D eigenvalue weighted by Crippen LogP contribution is 2.28. The normalized spacial score (nSPS) is 12.0. The first kappa shape index (κ1) is 16.8. The molecule has 1 atom stereocenters. The van der Waals surface area contributed by atoms with Crippen LogP contribution in [-0.4, -0.2) is 15.9 Å². The summed E-state index contributed by atoms with van der Waals surface area (Å²) in [5.74, 6) is -0.101. The van der Waals surface area contributed by atoms with Gasteiger partial charge in [0.25, 0.3) is 5.91 Å². The lowest BCUT2D eigenvalue weighted by molar-refractivity contribution is 0.0943. The van der Waals surface area contributed by atoms with Gasteiger partial charge in [0, 0.05) is 22.4 Å². The molecule has 0 bridgehead atoms. The number of halogens is 1. The van der Waals surface area contributed by atoms with Gasteiger partial charge in [-0.3, -0.25) is 9.78 Å². The SMILES string of the molecule is Cc1nc(-c2cccnc2)sc1C(=O)NC(C)c1ccc(Br)cc1. The fourth-order valence-corrected chi connectivity index (χ4v) is 3.54. The lowest BCUT2D eigenvalue weighted by Crippen LogP contribution is -2.26. The zero-order valence-electron chi connectivity index (χ0n) is 13.3. The number of hydrogen-bond donors (Lipinski definition) is 1. The number of pyridine rings is 1. The van der Waals surface area contributed by atoms with Crippen LogP contribution in [0.5, 0.6) is 0 Å². The maximum atomic E-state index is 12.6. The van der Waals surface area contributed by atoms with E-state index < -0.39 is 0 Å². The third-order valence-corrected chi connectivity index (χ3v) is 5.36. The molecule has 4 nitrogen and oxygen atoms in total. The molecule has 0 radical (unpaired) electrons. The summed E-state index contributed by atoms with van der Waals surface area (Å²) in [4.78, 5) is 21.8. The van der Waals surface area contributed by atoms with Crippen LogP contribution in [0.1, 0.15) is 33.9 Å². The number of carbonyl (C=O) groups is 1. The summed E-state index contributed by atoms with van der Waals surface area (Å²) in [6.45, 7) is 3.83. The van der Waals surface area contributed by atoms with E-state index in [1.807, 2.05) is 50.2 Å². The number of rotatable bonds is 4. The lowest BCUT2D eigenvalue weighted by atomic mass is 10.1. The van der Waals surface area contributed by atoms with Crippen LogP contribution in [0.2, 0.25) is 0 Å². The molecule has 122 valence electrons. The Balaban J connectivity index is 1.78. The molecule has 1 aromatic carbocycles. The zero-order valence-corrected chi connectivity index (χ0v) is 15.7. The molecule has 1 N–H and O–H groups in total. The second-order valence-corrected chi connectivity index (χ2v) is 7.34. The Labute approximate surface area is 153 Å². The number of nitrogens with one attached hydrogen (secondary N) is 1. The first-order valence-corrected chi connectivity index (χ1v) is 9.09. The Morgan fingerprint density at radius 1 is 1.25 bits per heavy atom. The van der Waals surface area contributed by atoms with Gasteiger partial charge in [0.1, 0.15) is 9.88 Å². The smallest absolute Gasteiger partial charge is 0.263 e. The van der Waals surface area contributed by atoms with E-state index in [4.69, 9.17) is 0 Å². The molecular formula is C18H16BrN3OS. The van der Waals surface area contributed by atoms with Gasteiger partial charge in [0.2, 0.25) is 0 Å². The summed E-state index contributed by atoms with van der Waals surface area (Å²) in [7, 11) is 0. The standard InChI is InChI=1S/C18H16BrN3OS/c1-11(13-5-7-15(19)8-6-13)21-17(23)16-12(2)22-18(24-16)14-4-3-9-20-10-14/h3-11H,1-2H3,(H,21,23). The number of benzene rings is 1. The average Bonchev–Trinajstić information content (AvgIpc) is 2.98. The molecule has 0 fully saturated rings. The first-order valence-electron chi connectivity index (χ1n) is 7.49. The van der Waals surface area contributed by atoms with E-state index in [2.05, 4.69) is 31.2 Å². The van der Waals surface area contributed by atoms with Gasteiger partial charge in [0.05, 0.1) is 11.7 Å². The van der Waals surface area contributed by atoms with Gasteiger partial charge < -0.3 is 5.32 Å². The number of aromatic nitrogens is 2. The highest BCUT2D eigenvalue weighted by atomic mass is 79.9. The van der Waals surface area contributed by atoms with E-state index in [9.17, 15) is 4.79 Å². The maximum absolute atomic E-state index is 12.6. The minimum Gasteiger partial charge on any atom is -0.345 e. The summed E-state index contributed by atoms with van der Waals surface area (Å²) < 4.78 is 1.02. The van der Waals surface area contributed by atoms with Crippen LogP contribution in [0.15, 0.2) is 53.3 Å². The Morgan fingerprint density at radius 2 is 2.00 bits per heavy atom. The predicted octanol–water partition coefficient (Wildman–Crippen LogP) is 4.77. The van der Waals surface area contributed by atoms with Crippen molar-refractivity contribution in [3.63, 3.8) is 0 Å². The Morgan fingerprint density at radius 3 is 2.67 bits per heavy atom. The molecule has 1 unspecified atom stereocenters. The fraction of sp³-hybridized carbons (Fsp3) is 0.167. The summed E-state index contributed by atoms with van der Waals surface area (Å²) in [6.07, 6.45) is 3.47. The molecule has 3 rings (SSSR count). The Kier molecular flexibility index (Phi) is 5.06. The van der Waals surface area contributed by atoms with Crippen LogP contribution < -0.4 is 5.32 Å². The van der Waals surface area contributed by atoms with Crippen molar-refractivity contribution in [3.8, 4) is 10.6 Å². The van der Waals surface area contributed by atoms with Crippen molar-refractivity contribution in [2.75, 3.05) is 0 Å². The molecule has 24 heavy (non-hydrogen) atoms. The van der Waals surface area contributed by atoms with Crippen molar-refractivity contribution in [2.24, 2.45) is 0 Å². The molecule has 0 saturated heterocycles. The van der Waals surface area contributed by atoms with Crippen molar-refractivity contribution in [2.45, 2.75) is 19.9 Å². The molecule has 0 aliphatic heterocycles. The molecule has 2 aromatic heterocycles. The quantitative estimate of drug-likeness (QED) is 0.684. The van der Waals surface area contributed by atoms with Gasteiger partial charge in [-0.15, -0.1) is 11.3 Å². The first-order chi connectivity index (χ1) is 11.5. The van der Waals surface area contributed by atoms with Gasteiger partial charge in [-0.05, 0) is 43.7 Å². The molecule has 6 heteroatoms. The Hall–Kier alpha value is -2.05. The highest BCUT2D eigenvalue weighted by molar-refractivity contribution is 9.10. The molecule has 3 aromatic rings. The maximum Gasteiger partial charge on any atom is 0.263 e. The second kappa shape index (κ2) is 7.23. The third kappa shape index (κ3) is 3.71.